The lowest BCUT2D eigenvalue weighted by Gasteiger charge is -2.20. The van der Waals surface area contributed by atoms with E-state index in [1.165, 1.54) is 0 Å². The molecular weight excluding hydrogens is 260 g/mol. The maximum atomic E-state index is 7.65. The van der Waals surface area contributed by atoms with Crippen molar-refractivity contribution in [1.82, 2.24) is 0 Å². The predicted octanol–water partition coefficient (Wildman–Crippen LogP) is 2.89. The van der Waals surface area contributed by atoms with Crippen LogP contribution in [-0.2, 0) is 4.74 Å². The minimum Gasteiger partial charge on any atom is -0.490 e. The Hall–Kier alpha value is -1.20. The molecule has 0 amide bonds. The lowest BCUT2D eigenvalue weighted by Crippen LogP contribution is -2.23. The molecule has 5 heteroatoms. The molecule has 1 aromatic carbocycles. The Morgan fingerprint density at radius 3 is 2.53 bits per heavy atom. The summed E-state index contributed by atoms with van der Waals surface area (Å²) in [4.78, 5) is 0.946. The second kappa shape index (κ2) is 6.82. The molecule has 0 unspecified atom stereocenters. The first-order valence-electron chi connectivity index (χ1n) is 6.13. The van der Waals surface area contributed by atoms with Crippen molar-refractivity contribution in [1.29, 1.82) is 5.41 Å². The molecule has 3 N–H and O–H groups in total. The van der Waals surface area contributed by atoms with Gasteiger partial charge in [-0.05, 0) is 39.2 Å². The smallest absolute Gasteiger partial charge is 0.131 e. The molecule has 4 nitrogen and oxygen atoms in total. The standard InChI is InChI=1S/C14H22N2O2S/c1-14(2,3)18-9-8-17-10-6-5-7-11(19-4)12(10)13(15)16/h5-7H,8-9H2,1-4H3,(H3,15,16). The molecule has 0 aliphatic rings. The first-order valence-corrected chi connectivity index (χ1v) is 7.36. The lowest BCUT2D eigenvalue weighted by molar-refractivity contribution is -0.0163. The Labute approximate surface area is 119 Å². The number of rotatable bonds is 6. The van der Waals surface area contributed by atoms with Crippen molar-refractivity contribution in [2.75, 3.05) is 19.5 Å². The molecule has 0 atom stereocenters. The normalized spacial score (nSPS) is 11.4. The van der Waals surface area contributed by atoms with Crippen LogP contribution in [0.25, 0.3) is 0 Å². The maximum Gasteiger partial charge on any atom is 0.131 e. The highest BCUT2D eigenvalue weighted by Crippen LogP contribution is 2.28. The van der Waals surface area contributed by atoms with E-state index in [0.29, 0.717) is 24.5 Å². The van der Waals surface area contributed by atoms with Gasteiger partial charge >= 0.3 is 0 Å². The molecule has 1 aromatic rings. The Balaban J connectivity index is 2.70. The predicted molar refractivity (Wildman–Crippen MR) is 80.4 cm³/mol. The van der Waals surface area contributed by atoms with E-state index in [1.54, 1.807) is 11.8 Å². The summed E-state index contributed by atoms with van der Waals surface area (Å²) in [6, 6.07) is 5.66. The van der Waals surface area contributed by atoms with Crippen LogP contribution in [-0.4, -0.2) is 30.9 Å². The third kappa shape index (κ3) is 5.12. The molecule has 0 fully saturated rings. The van der Waals surface area contributed by atoms with Crippen molar-refractivity contribution in [3.05, 3.63) is 23.8 Å². The highest BCUT2D eigenvalue weighted by molar-refractivity contribution is 7.98. The van der Waals surface area contributed by atoms with Crippen LogP contribution in [0.1, 0.15) is 26.3 Å². The van der Waals surface area contributed by atoms with E-state index in [1.807, 2.05) is 45.2 Å². The van der Waals surface area contributed by atoms with Crippen molar-refractivity contribution in [2.45, 2.75) is 31.3 Å². The van der Waals surface area contributed by atoms with Crippen molar-refractivity contribution in [3.8, 4) is 5.75 Å². The molecule has 0 aliphatic carbocycles. The molecule has 106 valence electrons. The van der Waals surface area contributed by atoms with Crippen molar-refractivity contribution in [3.63, 3.8) is 0 Å². The average Bonchev–Trinajstić information content (AvgIpc) is 2.32. The third-order valence-corrected chi connectivity index (χ3v) is 3.13. The SMILES string of the molecule is CSc1cccc(OCCOC(C)(C)C)c1C(=N)N. The Kier molecular flexibility index (Phi) is 5.69. The van der Waals surface area contributed by atoms with E-state index < -0.39 is 0 Å². The number of nitrogens with one attached hydrogen (secondary N) is 1. The number of nitrogens with two attached hydrogens (primary N) is 1. The van der Waals surface area contributed by atoms with E-state index in [2.05, 4.69) is 0 Å². The second-order valence-corrected chi connectivity index (χ2v) is 5.90. The summed E-state index contributed by atoms with van der Waals surface area (Å²) in [5.74, 6) is 0.661. The second-order valence-electron chi connectivity index (χ2n) is 5.06. The van der Waals surface area contributed by atoms with Crippen LogP contribution in [0.2, 0.25) is 0 Å². The average molecular weight is 282 g/mol. The zero-order valence-electron chi connectivity index (χ0n) is 11.9. The zero-order valence-corrected chi connectivity index (χ0v) is 12.8. The van der Waals surface area contributed by atoms with E-state index in [4.69, 9.17) is 20.6 Å². The Bertz CT molecular complexity index is 442. The van der Waals surface area contributed by atoms with Crippen LogP contribution in [0, 0.1) is 5.41 Å². The minimum atomic E-state index is -0.173. The number of nitrogen functional groups attached to an aromatic ring is 1. The fourth-order valence-corrected chi connectivity index (χ4v) is 2.20. The molecular formula is C14H22N2O2S. The Morgan fingerprint density at radius 2 is 2.00 bits per heavy atom. The number of thioether (sulfide) groups is 1. The molecule has 1 rings (SSSR count). The molecule has 0 saturated carbocycles. The molecule has 0 aromatic heterocycles. The molecule has 0 aliphatic heterocycles. The monoisotopic (exact) mass is 282 g/mol. The van der Waals surface area contributed by atoms with Crippen molar-refractivity contribution < 1.29 is 9.47 Å². The van der Waals surface area contributed by atoms with Gasteiger partial charge in [0.05, 0.1) is 17.8 Å². The van der Waals surface area contributed by atoms with E-state index in [0.717, 1.165) is 4.90 Å². The molecule has 0 spiro atoms. The van der Waals surface area contributed by atoms with Gasteiger partial charge in [-0.15, -0.1) is 11.8 Å². The largest absolute Gasteiger partial charge is 0.490 e. The van der Waals surface area contributed by atoms with Crippen LogP contribution in [0.15, 0.2) is 23.1 Å². The van der Waals surface area contributed by atoms with E-state index >= 15 is 0 Å². The van der Waals surface area contributed by atoms with Gasteiger partial charge in [-0.3, -0.25) is 5.41 Å². The fourth-order valence-electron chi connectivity index (χ4n) is 1.57. The molecule has 0 saturated heterocycles. The van der Waals surface area contributed by atoms with Gasteiger partial charge in [0.15, 0.2) is 0 Å². The summed E-state index contributed by atoms with van der Waals surface area (Å²) in [5.41, 5.74) is 6.11. The van der Waals surface area contributed by atoms with Crippen molar-refractivity contribution >= 4 is 17.6 Å². The van der Waals surface area contributed by atoms with E-state index in [-0.39, 0.29) is 11.4 Å². The lowest BCUT2D eigenvalue weighted by atomic mass is 10.2. The zero-order chi connectivity index (χ0) is 14.5. The summed E-state index contributed by atoms with van der Waals surface area (Å²) in [6.45, 7) is 6.95. The number of benzene rings is 1. The summed E-state index contributed by atoms with van der Waals surface area (Å²) in [7, 11) is 0. The quantitative estimate of drug-likeness (QED) is 0.364. The maximum absolute atomic E-state index is 7.65. The minimum absolute atomic E-state index is 0.0247. The first kappa shape index (κ1) is 15.9. The van der Waals surface area contributed by atoms with Gasteiger partial charge in [0.2, 0.25) is 0 Å². The highest BCUT2D eigenvalue weighted by atomic mass is 32.2. The fraction of sp³-hybridized carbons (Fsp3) is 0.500. The van der Waals surface area contributed by atoms with Gasteiger partial charge in [-0.2, -0.15) is 0 Å². The molecule has 0 radical (unpaired) electrons. The van der Waals surface area contributed by atoms with Crippen molar-refractivity contribution in [2.24, 2.45) is 5.73 Å². The molecule has 19 heavy (non-hydrogen) atoms. The summed E-state index contributed by atoms with van der Waals surface area (Å²) in [5, 5.41) is 7.65. The van der Waals surface area contributed by atoms with Gasteiger partial charge in [0.1, 0.15) is 18.2 Å². The number of ether oxygens (including phenoxy) is 2. The van der Waals surface area contributed by atoms with Gasteiger partial charge in [0, 0.05) is 4.90 Å². The van der Waals surface area contributed by atoms with Gasteiger partial charge in [-0.1, -0.05) is 6.07 Å². The van der Waals surface area contributed by atoms with E-state index in [9.17, 15) is 0 Å². The summed E-state index contributed by atoms with van der Waals surface area (Å²) in [6.07, 6.45) is 1.95. The summed E-state index contributed by atoms with van der Waals surface area (Å²) >= 11 is 1.55. The number of amidine groups is 1. The van der Waals surface area contributed by atoms with Crippen LogP contribution in [0.5, 0.6) is 5.75 Å². The molecule has 0 bridgehead atoms. The van der Waals surface area contributed by atoms with Gasteiger partial charge in [0.25, 0.3) is 0 Å². The van der Waals surface area contributed by atoms with Crippen LogP contribution < -0.4 is 10.5 Å². The third-order valence-electron chi connectivity index (χ3n) is 2.35. The highest BCUT2D eigenvalue weighted by Gasteiger charge is 2.13. The summed E-state index contributed by atoms with van der Waals surface area (Å²) < 4.78 is 11.3. The van der Waals surface area contributed by atoms with Gasteiger partial charge < -0.3 is 15.2 Å². The van der Waals surface area contributed by atoms with Gasteiger partial charge in [-0.25, -0.2) is 0 Å². The van der Waals surface area contributed by atoms with Crippen LogP contribution >= 0.6 is 11.8 Å². The van der Waals surface area contributed by atoms with Crippen LogP contribution in [0.3, 0.4) is 0 Å². The number of hydrogen-bond acceptors (Lipinski definition) is 4. The molecule has 0 heterocycles. The Morgan fingerprint density at radius 1 is 1.32 bits per heavy atom. The first-order chi connectivity index (χ1) is 8.85. The van der Waals surface area contributed by atoms with Crippen LogP contribution in [0.4, 0.5) is 0 Å². The number of hydrogen-bond donors (Lipinski definition) is 2. The topological polar surface area (TPSA) is 68.3 Å².